The largest absolute Gasteiger partial charge is 0.481 e. The maximum atomic E-state index is 12.4. The Balaban J connectivity index is 1.47. The first-order valence-corrected chi connectivity index (χ1v) is 9.91. The molecule has 0 saturated carbocycles. The van der Waals surface area contributed by atoms with E-state index in [4.69, 9.17) is 9.47 Å². The Morgan fingerprint density at radius 1 is 1.11 bits per heavy atom. The fourth-order valence-electron chi connectivity index (χ4n) is 3.19. The molecular formula is C23H30N2O3. The van der Waals surface area contributed by atoms with E-state index in [0.29, 0.717) is 6.54 Å². The van der Waals surface area contributed by atoms with Crippen LogP contribution in [0.15, 0.2) is 42.5 Å². The van der Waals surface area contributed by atoms with Crippen molar-refractivity contribution in [1.82, 2.24) is 10.2 Å². The number of aryl methyl sites for hydroxylation is 2. The van der Waals surface area contributed by atoms with Gasteiger partial charge in [0.05, 0.1) is 13.2 Å². The lowest BCUT2D eigenvalue weighted by Crippen LogP contribution is -2.36. The van der Waals surface area contributed by atoms with Crippen LogP contribution in [0.4, 0.5) is 0 Å². The zero-order valence-electron chi connectivity index (χ0n) is 17.0. The topological polar surface area (TPSA) is 50.8 Å². The standard InChI is InChI=1S/C23H30N2O3/c1-17-4-5-18(2)22(14-17)28-19(3)23(26)24-15-20-6-8-21(9-7-20)16-25-10-12-27-13-11-25/h4-9,14,19H,10-13,15-16H2,1-3H3,(H,24,26). The molecule has 3 rings (SSSR count). The van der Waals surface area contributed by atoms with Gasteiger partial charge in [-0.25, -0.2) is 0 Å². The number of nitrogens with zero attached hydrogens (tertiary/aromatic N) is 1. The van der Waals surface area contributed by atoms with Crippen molar-refractivity contribution in [3.8, 4) is 5.75 Å². The van der Waals surface area contributed by atoms with Crippen LogP contribution in [0.25, 0.3) is 0 Å². The van der Waals surface area contributed by atoms with E-state index in [0.717, 1.165) is 55.3 Å². The highest BCUT2D eigenvalue weighted by Gasteiger charge is 2.15. The summed E-state index contributed by atoms with van der Waals surface area (Å²) in [4.78, 5) is 14.8. The zero-order valence-corrected chi connectivity index (χ0v) is 17.0. The third kappa shape index (κ3) is 5.81. The van der Waals surface area contributed by atoms with Gasteiger partial charge in [-0.1, -0.05) is 36.4 Å². The van der Waals surface area contributed by atoms with Crippen molar-refractivity contribution < 1.29 is 14.3 Å². The van der Waals surface area contributed by atoms with Gasteiger partial charge in [-0.3, -0.25) is 9.69 Å². The molecule has 1 aliphatic rings. The molecule has 1 saturated heterocycles. The van der Waals surface area contributed by atoms with Gasteiger partial charge in [0.2, 0.25) is 0 Å². The highest BCUT2D eigenvalue weighted by molar-refractivity contribution is 5.80. The zero-order chi connectivity index (χ0) is 19.9. The second kappa shape index (κ2) is 9.71. The van der Waals surface area contributed by atoms with E-state index in [1.807, 2.05) is 32.0 Å². The first-order chi connectivity index (χ1) is 13.5. The van der Waals surface area contributed by atoms with Crippen molar-refractivity contribution in [1.29, 1.82) is 0 Å². The van der Waals surface area contributed by atoms with Crippen molar-refractivity contribution >= 4 is 5.91 Å². The summed E-state index contributed by atoms with van der Waals surface area (Å²) in [6.45, 7) is 10.8. The molecule has 150 valence electrons. The molecule has 28 heavy (non-hydrogen) atoms. The van der Waals surface area contributed by atoms with Gasteiger partial charge in [0.15, 0.2) is 6.10 Å². The number of hydrogen-bond acceptors (Lipinski definition) is 4. The number of benzene rings is 2. The molecule has 2 aromatic rings. The normalized spacial score (nSPS) is 15.8. The van der Waals surface area contributed by atoms with Crippen LogP contribution in [-0.2, 0) is 22.6 Å². The Morgan fingerprint density at radius 3 is 2.50 bits per heavy atom. The number of ether oxygens (including phenoxy) is 2. The van der Waals surface area contributed by atoms with Crippen LogP contribution in [0.5, 0.6) is 5.75 Å². The number of carbonyl (C=O) groups is 1. The predicted molar refractivity (Wildman–Crippen MR) is 110 cm³/mol. The molecule has 1 atom stereocenters. The van der Waals surface area contributed by atoms with Gasteiger partial charge < -0.3 is 14.8 Å². The molecule has 1 aliphatic heterocycles. The van der Waals surface area contributed by atoms with E-state index < -0.39 is 6.10 Å². The second-order valence-electron chi connectivity index (χ2n) is 7.45. The van der Waals surface area contributed by atoms with Gasteiger partial charge >= 0.3 is 0 Å². The summed E-state index contributed by atoms with van der Waals surface area (Å²) in [5, 5.41) is 2.96. The number of hydrogen-bond donors (Lipinski definition) is 1. The Labute approximate surface area is 167 Å². The lowest BCUT2D eigenvalue weighted by Gasteiger charge is -2.26. The van der Waals surface area contributed by atoms with Crippen LogP contribution in [0.3, 0.4) is 0 Å². The van der Waals surface area contributed by atoms with Crippen molar-refractivity contribution in [2.24, 2.45) is 0 Å². The number of rotatable bonds is 7. The third-order valence-electron chi connectivity index (χ3n) is 5.02. The molecule has 0 aromatic heterocycles. The van der Waals surface area contributed by atoms with E-state index in [-0.39, 0.29) is 5.91 Å². The maximum Gasteiger partial charge on any atom is 0.261 e. The van der Waals surface area contributed by atoms with Crippen LogP contribution < -0.4 is 10.1 Å². The Kier molecular flexibility index (Phi) is 7.06. The molecule has 5 heteroatoms. The third-order valence-corrected chi connectivity index (χ3v) is 5.02. The van der Waals surface area contributed by atoms with E-state index in [2.05, 4.69) is 34.5 Å². The van der Waals surface area contributed by atoms with Crippen molar-refractivity contribution in [3.63, 3.8) is 0 Å². The lowest BCUT2D eigenvalue weighted by atomic mass is 10.1. The minimum absolute atomic E-state index is 0.113. The van der Waals surface area contributed by atoms with Gasteiger partial charge in [0.1, 0.15) is 5.75 Å². The van der Waals surface area contributed by atoms with E-state index >= 15 is 0 Å². The molecular weight excluding hydrogens is 352 g/mol. The molecule has 0 spiro atoms. The Hall–Kier alpha value is -2.37. The molecule has 1 fully saturated rings. The minimum atomic E-state index is -0.541. The summed E-state index contributed by atoms with van der Waals surface area (Å²) in [5.74, 6) is 0.647. The first-order valence-electron chi connectivity index (χ1n) is 9.91. The van der Waals surface area contributed by atoms with Crippen LogP contribution in [-0.4, -0.2) is 43.2 Å². The summed E-state index contributed by atoms with van der Waals surface area (Å²) in [6.07, 6.45) is -0.541. The summed E-state index contributed by atoms with van der Waals surface area (Å²) >= 11 is 0. The number of amides is 1. The van der Waals surface area contributed by atoms with E-state index in [1.54, 1.807) is 6.92 Å². The number of carbonyl (C=O) groups excluding carboxylic acids is 1. The van der Waals surface area contributed by atoms with Crippen LogP contribution in [0, 0.1) is 13.8 Å². The first kappa shape index (κ1) is 20.4. The SMILES string of the molecule is Cc1ccc(C)c(OC(C)C(=O)NCc2ccc(CN3CCOCC3)cc2)c1. The number of morpholine rings is 1. The highest BCUT2D eigenvalue weighted by Crippen LogP contribution is 2.20. The van der Waals surface area contributed by atoms with Gasteiger partial charge in [-0.2, -0.15) is 0 Å². The van der Waals surface area contributed by atoms with E-state index in [1.165, 1.54) is 5.56 Å². The lowest BCUT2D eigenvalue weighted by molar-refractivity contribution is -0.127. The van der Waals surface area contributed by atoms with Crippen LogP contribution >= 0.6 is 0 Å². The molecule has 1 heterocycles. The summed E-state index contributed by atoms with van der Waals surface area (Å²) in [6, 6.07) is 14.4. The average molecular weight is 383 g/mol. The van der Waals surface area contributed by atoms with Gasteiger partial charge in [0.25, 0.3) is 5.91 Å². The molecule has 1 unspecified atom stereocenters. The van der Waals surface area contributed by atoms with Gasteiger partial charge in [-0.15, -0.1) is 0 Å². The molecule has 0 bridgehead atoms. The smallest absolute Gasteiger partial charge is 0.261 e. The fraction of sp³-hybridized carbons (Fsp3) is 0.435. The molecule has 1 amide bonds. The summed E-state index contributed by atoms with van der Waals surface area (Å²) < 4.78 is 11.2. The van der Waals surface area contributed by atoms with Crippen molar-refractivity contribution in [3.05, 3.63) is 64.7 Å². The second-order valence-corrected chi connectivity index (χ2v) is 7.45. The molecule has 5 nitrogen and oxygen atoms in total. The van der Waals surface area contributed by atoms with Crippen LogP contribution in [0.2, 0.25) is 0 Å². The Morgan fingerprint density at radius 2 is 1.79 bits per heavy atom. The minimum Gasteiger partial charge on any atom is -0.481 e. The average Bonchev–Trinajstić information content (AvgIpc) is 2.70. The predicted octanol–water partition coefficient (Wildman–Crippen LogP) is 3.22. The maximum absolute atomic E-state index is 12.4. The van der Waals surface area contributed by atoms with Gasteiger partial charge in [0, 0.05) is 26.2 Å². The Bertz CT molecular complexity index is 783. The van der Waals surface area contributed by atoms with Crippen molar-refractivity contribution in [2.75, 3.05) is 26.3 Å². The van der Waals surface area contributed by atoms with Gasteiger partial charge in [-0.05, 0) is 49.1 Å². The molecule has 1 N–H and O–H groups in total. The summed E-state index contributed by atoms with van der Waals surface area (Å²) in [5.41, 5.74) is 4.51. The fourth-order valence-corrected chi connectivity index (χ4v) is 3.19. The monoisotopic (exact) mass is 382 g/mol. The molecule has 2 aromatic carbocycles. The highest BCUT2D eigenvalue weighted by atomic mass is 16.5. The summed E-state index contributed by atoms with van der Waals surface area (Å²) in [7, 11) is 0. The number of nitrogens with one attached hydrogen (secondary N) is 1. The molecule has 0 aliphatic carbocycles. The quantitative estimate of drug-likeness (QED) is 0.799. The van der Waals surface area contributed by atoms with Crippen molar-refractivity contribution in [2.45, 2.75) is 40.0 Å². The van der Waals surface area contributed by atoms with E-state index in [9.17, 15) is 4.79 Å². The van der Waals surface area contributed by atoms with Crippen LogP contribution in [0.1, 0.15) is 29.2 Å². The molecule has 0 radical (unpaired) electrons.